The van der Waals surface area contributed by atoms with Gasteiger partial charge in [0.2, 0.25) is 0 Å². The summed E-state index contributed by atoms with van der Waals surface area (Å²) in [6.07, 6.45) is 5.69. The smallest absolute Gasteiger partial charge is 0.272 e. The molecule has 3 aromatic rings. The molecule has 0 fully saturated rings. The van der Waals surface area contributed by atoms with Gasteiger partial charge in [0.15, 0.2) is 15.5 Å². The van der Waals surface area contributed by atoms with Crippen molar-refractivity contribution in [2.75, 3.05) is 11.6 Å². The summed E-state index contributed by atoms with van der Waals surface area (Å²) in [7, 11) is -3.26. The van der Waals surface area contributed by atoms with Crippen LogP contribution in [0.5, 0.6) is 0 Å². The first kappa shape index (κ1) is 21.5. The van der Waals surface area contributed by atoms with E-state index < -0.39 is 21.8 Å². The van der Waals surface area contributed by atoms with Crippen molar-refractivity contribution in [3.8, 4) is 0 Å². The third kappa shape index (κ3) is 5.04. The monoisotopic (exact) mass is 427 g/mol. The van der Waals surface area contributed by atoms with Crippen LogP contribution >= 0.6 is 0 Å². The van der Waals surface area contributed by atoms with Crippen LogP contribution in [0.4, 0.5) is 5.82 Å². The fourth-order valence-electron chi connectivity index (χ4n) is 3.15. The number of amides is 1. The van der Waals surface area contributed by atoms with Gasteiger partial charge in [0.25, 0.3) is 5.91 Å². The van der Waals surface area contributed by atoms with Gasteiger partial charge in [-0.05, 0) is 38.0 Å². The topological polar surface area (TPSA) is 105 Å². The van der Waals surface area contributed by atoms with Crippen LogP contribution in [0, 0.1) is 6.92 Å². The highest BCUT2D eigenvalue weighted by molar-refractivity contribution is 7.93. The second-order valence-corrected chi connectivity index (χ2v) is 9.19. The Labute approximate surface area is 175 Å². The Morgan fingerprint density at radius 3 is 2.63 bits per heavy atom. The number of hydrogen-bond donors (Lipinski definition) is 2. The van der Waals surface area contributed by atoms with Gasteiger partial charge >= 0.3 is 0 Å². The molecule has 2 atom stereocenters. The van der Waals surface area contributed by atoms with Crippen LogP contribution in [0.2, 0.25) is 0 Å². The Hall–Kier alpha value is -3.20. The number of nitrogens with one attached hydrogen (secondary N) is 2. The van der Waals surface area contributed by atoms with Crippen molar-refractivity contribution in [2.24, 2.45) is 0 Å². The van der Waals surface area contributed by atoms with Gasteiger partial charge in [-0.1, -0.05) is 30.3 Å². The van der Waals surface area contributed by atoms with E-state index in [9.17, 15) is 13.2 Å². The Balaban J connectivity index is 1.83. The zero-order valence-electron chi connectivity index (χ0n) is 17.3. The highest BCUT2D eigenvalue weighted by Crippen LogP contribution is 2.23. The van der Waals surface area contributed by atoms with E-state index in [0.717, 1.165) is 17.2 Å². The average molecular weight is 428 g/mol. The number of hydrogen-bond acceptors (Lipinski definition) is 6. The van der Waals surface area contributed by atoms with Crippen molar-refractivity contribution < 1.29 is 13.2 Å². The van der Waals surface area contributed by atoms with E-state index in [-0.39, 0.29) is 11.7 Å². The molecular weight excluding hydrogens is 402 g/mol. The van der Waals surface area contributed by atoms with E-state index in [1.807, 2.05) is 19.1 Å². The van der Waals surface area contributed by atoms with Gasteiger partial charge in [0.05, 0.1) is 24.0 Å². The lowest BCUT2D eigenvalue weighted by Gasteiger charge is -2.19. The Bertz CT molecular complexity index is 1200. The summed E-state index contributed by atoms with van der Waals surface area (Å²) in [5.41, 5.74) is 3.09. The van der Waals surface area contributed by atoms with E-state index in [1.165, 1.54) is 11.6 Å². The zero-order chi connectivity index (χ0) is 21.9. The largest absolute Gasteiger partial charge is 0.362 e. The van der Waals surface area contributed by atoms with E-state index in [0.29, 0.717) is 11.3 Å². The number of aryl methyl sites for hydroxylation is 1. The van der Waals surface area contributed by atoms with Crippen LogP contribution in [0.1, 0.15) is 41.5 Å². The van der Waals surface area contributed by atoms with Crippen LogP contribution in [0.15, 0.2) is 54.2 Å². The molecule has 0 saturated carbocycles. The average Bonchev–Trinajstić information content (AvgIpc) is 3.16. The fourth-order valence-corrected chi connectivity index (χ4v) is 3.67. The lowest BCUT2D eigenvalue weighted by molar-refractivity contribution is 0.0943. The molecule has 0 spiro atoms. The molecule has 0 aliphatic rings. The Kier molecular flexibility index (Phi) is 6.21. The van der Waals surface area contributed by atoms with Crippen molar-refractivity contribution >= 4 is 27.1 Å². The van der Waals surface area contributed by atoms with Crippen molar-refractivity contribution in [3.63, 3.8) is 0 Å². The fraction of sp³-hybridized carbons (Fsp3) is 0.286. The molecule has 9 heteroatoms. The first-order valence-corrected chi connectivity index (χ1v) is 11.4. The molecule has 0 radical (unpaired) electrons. The minimum absolute atomic E-state index is 0.0150. The first-order valence-electron chi connectivity index (χ1n) is 9.49. The van der Waals surface area contributed by atoms with Crippen molar-refractivity contribution in [3.05, 3.63) is 71.0 Å². The molecule has 2 N–H and O–H groups in total. The highest BCUT2D eigenvalue weighted by atomic mass is 32.2. The maximum absolute atomic E-state index is 12.7. The normalized spacial score (nSPS) is 14.0. The molecule has 8 nitrogen and oxygen atoms in total. The van der Waals surface area contributed by atoms with E-state index in [1.54, 1.807) is 29.9 Å². The summed E-state index contributed by atoms with van der Waals surface area (Å²) in [5, 5.41) is 11.5. The summed E-state index contributed by atoms with van der Waals surface area (Å²) in [5.74, 6) is 0.247. The van der Waals surface area contributed by atoms with Gasteiger partial charge in [0.1, 0.15) is 5.82 Å². The maximum Gasteiger partial charge on any atom is 0.272 e. The molecule has 158 valence electrons. The van der Waals surface area contributed by atoms with Gasteiger partial charge in [-0.2, -0.15) is 5.10 Å². The summed E-state index contributed by atoms with van der Waals surface area (Å²) >= 11 is 0. The molecule has 0 aliphatic heterocycles. The predicted octanol–water partition coefficient (Wildman–Crippen LogP) is 2.89. The van der Waals surface area contributed by atoms with Crippen LogP contribution in [0.3, 0.4) is 0 Å². The number of fused-ring (bicyclic) bond motifs is 1. The number of anilines is 1. The highest BCUT2D eigenvalue weighted by Gasteiger charge is 2.18. The number of carbonyl (C=O) groups excluding carboxylic acids is 1. The van der Waals surface area contributed by atoms with Gasteiger partial charge in [0, 0.05) is 17.7 Å². The van der Waals surface area contributed by atoms with Crippen molar-refractivity contribution in [2.45, 2.75) is 32.9 Å². The summed E-state index contributed by atoms with van der Waals surface area (Å²) in [4.78, 5) is 17.0. The summed E-state index contributed by atoms with van der Waals surface area (Å²) in [6, 6.07) is 9.36. The van der Waals surface area contributed by atoms with Crippen LogP contribution < -0.4 is 10.6 Å². The third-order valence-corrected chi connectivity index (χ3v) is 5.29. The van der Waals surface area contributed by atoms with Crippen molar-refractivity contribution in [1.29, 1.82) is 0 Å². The standard InChI is InChI=1S/C21H25N5O3S/c1-14-7-5-6-8-17(14)16(3)25-19-13-22-20(18-9-11-23-26(18)19)21(27)24-15(2)10-12-30(4,28)29/h5-13,15-16,25H,1-4H3,(H,24,27)/b12-10+/t15-,16+/m1/s1. The Morgan fingerprint density at radius 1 is 1.20 bits per heavy atom. The van der Waals surface area contributed by atoms with E-state index in [4.69, 9.17) is 0 Å². The quantitative estimate of drug-likeness (QED) is 0.601. The van der Waals surface area contributed by atoms with Crippen LogP contribution in [-0.4, -0.2) is 41.2 Å². The zero-order valence-corrected chi connectivity index (χ0v) is 18.1. The molecule has 0 unspecified atom stereocenters. The molecule has 0 saturated heterocycles. The molecular formula is C21H25N5O3S. The van der Waals surface area contributed by atoms with Crippen LogP contribution in [0.25, 0.3) is 5.52 Å². The van der Waals surface area contributed by atoms with Crippen LogP contribution in [-0.2, 0) is 9.84 Å². The molecule has 30 heavy (non-hydrogen) atoms. The first-order chi connectivity index (χ1) is 14.2. The van der Waals surface area contributed by atoms with Gasteiger partial charge in [-0.25, -0.2) is 17.9 Å². The predicted molar refractivity (Wildman–Crippen MR) is 117 cm³/mol. The number of nitrogens with zero attached hydrogens (tertiary/aromatic N) is 3. The summed E-state index contributed by atoms with van der Waals surface area (Å²) in [6.45, 7) is 5.79. The number of sulfone groups is 1. The minimum atomic E-state index is -3.26. The van der Waals surface area contributed by atoms with Gasteiger partial charge in [-0.3, -0.25) is 4.79 Å². The molecule has 2 heterocycles. The number of aromatic nitrogens is 3. The van der Waals surface area contributed by atoms with Crippen molar-refractivity contribution in [1.82, 2.24) is 19.9 Å². The maximum atomic E-state index is 12.7. The second-order valence-electron chi connectivity index (χ2n) is 7.26. The van der Waals surface area contributed by atoms with Gasteiger partial charge < -0.3 is 10.6 Å². The number of carbonyl (C=O) groups is 1. The molecule has 2 aromatic heterocycles. The molecule has 3 rings (SSSR count). The lowest BCUT2D eigenvalue weighted by Crippen LogP contribution is -2.32. The SMILES string of the molecule is Cc1ccccc1[C@H](C)Nc1cnc(C(=O)N[C@H](C)/C=C/S(C)(=O)=O)c2ccnn12. The molecule has 1 amide bonds. The third-order valence-electron chi connectivity index (χ3n) is 4.64. The summed E-state index contributed by atoms with van der Waals surface area (Å²) < 4.78 is 24.1. The molecule has 0 bridgehead atoms. The lowest BCUT2D eigenvalue weighted by atomic mass is 10.0. The minimum Gasteiger partial charge on any atom is -0.362 e. The molecule has 1 aromatic carbocycles. The molecule has 0 aliphatic carbocycles. The van der Waals surface area contributed by atoms with E-state index in [2.05, 4.69) is 39.8 Å². The second kappa shape index (κ2) is 8.66. The Morgan fingerprint density at radius 2 is 1.93 bits per heavy atom. The van der Waals surface area contributed by atoms with E-state index >= 15 is 0 Å². The number of benzene rings is 1. The van der Waals surface area contributed by atoms with Gasteiger partial charge in [-0.15, -0.1) is 0 Å². The number of rotatable bonds is 7.